The van der Waals surface area contributed by atoms with Crippen molar-refractivity contribution in [3.8, 4) is 0 Å². The number of nitrogens with two attached hydrogens (primary N) is 1. The van der Waals surface area contributed by atoms with Gasteiger partial charge in [0.1, 0.15) is 0 Å². The Morgan fingerprint density at radius 2 is 2.20 bits per heavy atom. The Morgan fingerprint density at radius 1 is 1.47 bits per heavy atom. The molecule has 1 saturated carbocycles. The molecule has 1 aliphatic rings. The van der Waals surface area contributed by atoms with Crippen molar-refractivity contribution in [3.05, 3.63) is 23.8 Å². The Hall–Kier alpha value is -1.22. The van der Waals surface area contributed by atoms with Crippen LogP contribution in [0.15, 0.2) is 18.2 Å². The maximum Gasteiger partial charge on any atom is 0.0504 e. The molecule has 1 aromatic carbocycles. The third-order valence-corrected chi connectivity index (χ3v) is 3.32. The number of rotatable bonds is 4. The van der Waals surface area contributed by atoms with Crippen LogP contribution in [0.5, 0.6) is 0 Å². The summed E-state index contributed by atoms with van der Waals surface area (Å²) in [5.74, 6) is 0. The Kier molecular flexibility index (Phi) is 2.57. The van der Waals surface area contributed by atoms with E-state index in [4.69, 9.17) is 5.73 Å². The Balaban J connectivity index is 2.02. The summed E-state index contributed by atoms with van der Waals surface area (Å²) in [4.78, 5) is 0. The molecule has 1 fully saturated rings. The SMILES string of the molecule is Cc1c(N)cccc1NCC1(CO)CC1. The summed E-state index contributed by atoms with van der Waals surface area (Å²) in [6, 6.07) is 5.88. The van der Waals surface area contributed by atoms with E-state index in [1.54, 1.807) is 0 Å². The molecular formula is C12H18N2O. The highest BCUT2D eigenvalue weighted by Crippen LogP contribution is 2.45. The van der Waals surface area contributed by atoms with Crippen molar-refractivity contribution in [2.75, 3.05) is 24.2 Å². The number of benzene rings is 1. The van der Waals surface area contributed by atoms with Gasteiger partial charge in [-0.2, -0.15) is 0 Å². The first-order valence-corrected chi connectivity index (χ1v) is 5.37. The molecule has 0 radical (unpaired) electrons. The van der Waals surface area contributed by atoms with E-state index in [0.29, 0.717) is 0 Å². The van der Waals surface area contributed by atoms with Gasteiger partial charge in [0.15, 0.2) is 0 Å². The third-order valence-electron chi connectivity index (χ3n) is 3.32. The molecule has 15 heavy (non-hydrogen) atoms. The minimum absolute atomic E-state index is 0.136. The maximum atomic E-state index is 9.19. The lowest BCUT2D eigenvalue weighted by Gasteiger charge is -2.16. The fourth-order valence-electron chi connectivity index (χ4n) is 1.70. The van der Waals surface area contributed by atoms with E-state index >= 15 is 0 Å². The van der Waals surface area contributed by atoms with Crippen molar-refractivity contribution in [2.24, 2.45) is 5.41 Å². The summed E-state index contributed by atoms with van der Waals surface area (Å²) in [5, 5.41) is 12.6. The normalized spacial score (nSPS) is 17.5. The molecule has 0 saturated heterocycles. The lowest BCUT2D eigenvalue weighted by Crippen LogP contribution is -2.19. The molecule has 3 heteroatoms. The molecule has 0 atom stereocenters. The van der Waals surface area contributed by atoms with Crippen LogP contribution in [0.4, 0.5) is 11.4 Å². The van der Waals surface area contributed by atoms with Gasteiger partial charge >= 0.3 is 0 Å². The van der Waals surface area contributed by atoms with Gasteiger partial charge in [0.05, 0.1) is 6.61 Å². The lowest BCUT2D eigenvalue weighted by molar-refractivity contribution is 0.220. The molecule has 1 aromatic rings. The number of aliphatic hydroxyl groups is 1. The molecule has 0 amide bonds. The van der Waals surface area contributed by atoms with Crippen LogP contribution in [-0.2, 0) is 0 Å². The van der Waals surface area contributed by atoms with Crippen molar-refractivity contribution in [3.63, 3.8) is 0 Å². The van der Waals surface area contributed by atoms with Gasteiger partial charge in [-0.15, -0.1) is 0 Å². The number of hydrogen-bond acceptors (Lipinski definition) is 3. The highest BCUT2D eigenvalue weighted by Gasteiger charge is 2.41. The first-order chi connectivity index (χ1) is 7.17. The molecule has 4 N–H and O–H groups in total. The Morgan fingerprint density at radius 3 is 2.80 bits per heavy atom. The fraction of sp³-hybridized carbons (Fsp3) is 0.500. The average Bonchev–Trinajstić information content (AvgIpc) is 3.01. The van der Waals surface area contributed by atoms with Crippen LogP contribution in [-0.4, -0.2) is 18.3 Å². The smallest absolute Gasteiger partial charge is 0.0504 e. The molecular weight excluding hydrogens is 188 g/mol. The number of hydrogen-bond donors (Lipinski definition) is 3. The van der Waals surface area contributed by atoms with E-state index in [-0.39, 0.29) is 12.0 Å². The van der Waals surface area contributed by atoms with Crippen molar-refractivity contribution < 1.29 is 5.11 Å². The third kappa shape index (κ3) is 2.07. The predicted octanol–water partition coefficient (Wildman–Crippen LogP) is 1.76. The van der Waals surface area contributed by atoms with Crippen molar-refractivity contribution >= 4 is 11.4 Å². The van der Waals surface area contributed by atoms with Gasteiger partial charge in [-0.25, -0.2) is 0 Å². The summed E-state index contributed by atoms with van der Waals surface area (Å²) in [5.41, 5.74) is 8.94. The molecule has 82 valence electrons. The van der Waals surface area contributed by atoms with Crippen LogP contribution in [0.2, 0.25) is 0 Å². The zero-order valence-electron chi connectivity index (χ0n) is 9.09. The summed E-state index contributed by atoms with van der Waals surface area (Å²) in [7, 11) is 0. The molecule has 0 spiro atoms. The van der Waals surface area contributed by atoms with E-state index in [1.165, 1.54) is 0 Å². The van der Waals surface area contributed by atoms with E-state index in [9.17, 15) is 5.11 Å². The molecule has 2 rings (SSSR count). The second-order valence-corrected chi connectivity index (χ2v) is 4.53. The molecule has 0 bridgehead atoms. The topological polar surface area (TPSA) is 58.3 Å². The lowest BCUT2D eigenvalue weighted by atomic mass is 10.1. The first-order valence-electron chi connectivity index (χ1n) is 5.37. The number of anilines is 2. The van der Waals surface area contributed by atoms with Crippen LogP contribution in [0.1, 0.15) is 18.4 Å². The quantitative estimate of drug-likeness (QED) is 0.658. The van der Waals surface area contributed by atoms with E-state index in [1.807, 2.05) is 25.1 Å². The highest BCUT2D eigenvalue weighted by molar-refractivity contribution is 5.62. The summed E-state index contributed by atoms with van der Waals surface area (Å²) in [6.07, 6.45) is 2.25. The Bertz CT molecular complexity index is 359. The van der Waals surface area contributed by atoms with E-state index in [2.05, 4.69) is 5.32 Å². The van der Waals surface area contributed by atoms with E-state index in [0.717, 1.165) is 36.3 Å². The monoisotopic (exact) mass is 206 g/mol. The Labute approximate surface area is 90.3 Å². The number of nitrogens with one attached hydrogen (secondary N) is 1. The second-order valence-electron chi connectivity index (χ2n) is 4.53. The summed E-state index contributed by atoms with van der Waals surface area (Å²) < 4.78 is 0. The molecule has 0 aromatic heterocycles. The molecule has 3 nitrogen and oxygen atoms in total. The molecule has 1 aliphatic carbocycles. The molecule has 0 unspecified atom stereocenters. The van der Waals surface area contributed by atoms with Crippen molar-refractivity contribution in [1.29, 1.82) is 0 Å². The minimum Gasteiger partial charge on any atom is -0.398 e. The van der Waals surface area contributed by atoms with Crippen molar-refractivity contribution in [2.45, 2.75) is 19.8 Å². The van der Waals surface area contributed by atoms with Gasteiger partial charge in [-0.05, 0) is 37.5 Å². The van der Waals surface area contributed by atoms with E-state index < -0.39 is 0 Å². The minimum atomic E-state index is 0.136. The second kappa shape index (κ2) is 3.74. The summed E-state index contributed by atoms with van der Waals surface area (Å²) >= 11 is 0. The van der Waals surface area contributed by atoms with Gasteiger partial charge in [-0.1, -0.05) is 6.07 Å². The average molecular weight is 206 g/mol. The maximum absolute atomic E-state index is 9.19. The standard InChI is InChI=1S/C12H18N2O/c1-9-10(13)3-2-4-11(9)14-7-12(8-15)5-6-12/h2-4,14-15H,5-8,13H2,1H3. The molecule has 0 heterocycles. The van der Waals surface area contributed by atoms with Crippen molar-refractivity contribution in [1.82, 2.24) is 0 Å². The van der Waals surface area contributed by atoms with Gasteiger partial charge in [0, 0.05) is 23.3 Å². The van der Waals surface area contributed by atoms with Crippen LogP contribution >= 0.6 is 0 Å². The molecule has 0 aliphatic heterocycles. The van der Waals surface area contributed by atoms with Gasteiger partial charge in [0.25, 0.3) is 0 Å². The van der Waals surface area contributed by atoms with Crippen LogP contribution in [0.3, 0.4) is 0 Å². The summed E-state index contributed by atoms with van der Waals surface area (Å²) in [6.45, 7) is 3.13. The van der Waals surface area contributed by atoms with Crippen LogP contribution in [0.25, 0.3) is 0 Å². The number of aliphatic hydroxyl groups excluding tert-OH is 1. The van der Waals surface area contributed by atoms with Gasteiger partial charge < -0.3 is 16.2 Å². The largest absolute Gasteiger partial charge is 0.398 e. The first kappa shape index (κ1) is 10.3. The van der Waals surface area contributed by atoms with Gasteiger partial charge in [0.2, 0.25) is 0 Å². The zero-order valence-corrected chi connectivity index (χ0v) is 9.09. The highest BCUT2D eigenvalue weighted by atomic mass is 16.3. The van der Waals surface area contributed by atoms with Crippen LogP contribution in [0, 0.1) is 12.3 Å². The van der Waals surface area contributed by atoms with Gasteiger partial charge in [-0.3, -0.25) is 0 Å². The zero-order chi connectivity index (χ0) is 10.9. The fourth-order valence-corrected chi connectivity index (χ4v) is 1.70. The predicted molar refractivity (Wildman–Crippen MR) is 62.8 cm³/mol. The van der Waals surface area contributed by atoms with Crippen LogP contribution < -0.4 is 11.1 Å². The number of nitrogen functional groups attached to an aromatic ring is 1.